The van der Waals surface area contributed by atoms with E-state index in [4.69, 9.17) is 9.59 Å². The summed E-state index contributed by atoms with van der Waals surface area (Å²) in [6.45, 7) is 0. The predicted molar refractivity (Wildman–Crippen MR) is 71.7 cm³/mol. The average molecular weight is 301 g/mol. The third-order valence-electron chi connectivity index (χ3n) is 2.72. The number of hydrogen-bond acceptors (Lipinski definition) is 4. The topological polar surface area (TPSA) is 64.8 Å². The molecular formula is C15H9F2N3O2. The quantitative estimate of drug-likeness (QED) is 0.730. The summed E-state index contributed by atoms with van der Waals surface area (Å²) >= 11 is 0. The van der Waals surface area contributed by atoms with Gasteiger partial charge in [-0.25, -0.2) is 13.5 Å². The lowest BCUT2D eigenvalue weighted by molar-refractivity contribution is -0.191. The molecule has 0 N–H and O–H groups in total. The Morgan fingerprint density at radius 1 is 1.00 bits per heavy atom. The second-order valence-electron chi connectivity index (χ2n) is 4.09. The van der Waals surface area contributed by atoms with Crippen LogP contribution in [0.2, 0.25) is 0 Å². The SMILES string of the molecule is Fc1ccc(-c2cn(-c3ccccc3)nn2)c(F)c1.O=C=O. The molecule has 3 aromatic rings. The van der Waals surface area contributed by atoms with E-state index in [1.54, 1.807) is 6.20 Å². The molecule has 0 aliphatic carbocycles. The second kappa shape index (κ2) is 7.01. The zero-order chi connectivity index (χ0) is 15.9. The fraction of sp³-hybridized carbons (Fsp3) is 0. The van der Waals surface area contributed by atoms with Gasteiger partial charge in [-0.05, 0) is 24.3 Å². The molecule has 22 heavy (non-hydrogen) atoms. The van der Waals surface area contributed by atoms with Crippen molar-refractivity contribution in [2.45, 2.75) is 0 Å². The molecule has 0 aliphatic heterocycles. The highest BCUT2D eigenvalue weighted by Crippen LogP contribution is 2.21. The fourth-order valence-corrected chi connectivity index (χ4v) is 1.79. The van der Waals surface area contributed by atoms with Crippen LogP contribution in [-0.4, -0.2) is 21.1 Å². The van der Waals surface area contributed by atoms with Crippen molar-refractivity contribution in [2.75, 3.05) is 0 Å². The molecule has 5 nitrogen and oxygen atoms in total. The third-order valence-corrected chi connectivity index (χ3v) is 2.72. The maximum absolute atomic E-state index is 13.6. The highest BCUT2D eigenvalue weighted by Gasteiger charge is 2.10. The molecule has 0 unspecified atom stereocenters. The smallest absolute Gasteiger partial charge is 0.220 e. The Morgan fingerprint density at radius 3 is 2.32 bits per heavy atom. The lowest BCUT2D eigenvalue weighted by Gasteiger charge is -1.99. The lowest BCUT2D eigenvalue weighted by atomic mass is 10.1. The van der Waals surface area contributed by atoms with Gasteiger partial charge in [-0.1, -0.05) is 23.4 Å². The first-order valence-corrected chi connectivity index (χ1v) is 6.08. The van der Waals surface area contributed by atoms with Crippen LogP contribution in [0.4, 0.5) is 8.78 Å². The van der Waals surface area contributed by atoms with E-state index in [1.807, 2.05) is 30.3 Å². The number of benzene rings is 2. The van der Waals surface area contributed by atoms with Crippen LogP contribution in [0.15, 0.2) is 54.7 Å². The number of rotatable bonds is 2. The van der Waals surface area contributed by atoms with Crippen molar-refractivity contribution in [1.82, 2.24) is 15.0 Å². The van der Waals surface area contributed by atoms with Crippen LogP contribution < -0.4 is 0 Å². The van der Waals surface area contributed by atoms with E-state index < -0.39 is 11.6 Å². The Morgan fingerprint density at radius 2 is 1.68 bits per heavy atom. The van der Waals surface area contributed by atoms with E-state index in [1.165, 1.54) is 16.8 Å². The Labute approximate surface area is 123 Å². The number of hydrogen-bond donors (Lipinski definition) is 0. The first-order chi connectivity index (χ1) is 10.7. The highest BCUT2D eigenvalue weighted by molar-refractivity contribution is 5.59. The van der Waals surface area contributed by atoms with Gasteiger partial charge in [0.05, 0.1) is 11.9 Å². The molecule has 0 saturated heterocycles. The number of nitrogens with zero attached hydrogens (tertiary/aromatic N) is 3. The van der Waals surface area contributed by atoms with Crippen LogP contribution in [0.3, 0.4) is 0 Å². The van der Waals surface area contributed by atoms with Gasteiger partial charge in [0.1, 0.15) is 17.3 Å². The molecule has 110 valence electrons. The molecule has 0 bridgehead atoms. The van der Waals surface area contributed by atoms with E-state index >= 15 is 0 Å². The van der Waals surface area contributed by atoms with Crippen molar-refractivity contribution in [3.8, 4) is 16.9 Å². The summed E-state index contributed by atoms with van der Waals surface area (Å²) in [5.74, 6) is -1.27. The van der Waals surface area contributed by atoms with Gasteiger partial charge in [0.2, 0.25) is 0 Å². The Hall–Kier alpha value is -3.18. The monoisotopic (exact) mass is 301 g/mol. The molecule has 0 atom stereocenters. The van der Waals surface area contributed by atoms with Crippen molar-refractivity contribution < 1.29 is 18.4 Å². The third kappa shape index (κ3) is 3.47. The van der Waals surface area contributed by atoms with Gasteiger partial charge in [-0.3, -0.25) is 0 Å². The number of carbonyl (C=O) groups excluding carboxylic acids is 2. The van der Waals surface area contributed by atoms with Gasteiger partial charge < -0.3 is 0 Å². The summed E-state index contributed by atoms with van der Waals surface area (Å²) in [7, 11) is 0. The lowest BCUT2D eigenvalue weighted by Crippen LogP contribution is -1.93. The van der Waals surface area contributed by atoms with Crippen LogP contribution in [-0.2, 0) is 9.59 Å². The minimum Gasteiger partial charge on any atom is -0.220 e. The summed E-state index contributed by atoms with van der Waals surface area (Å²) in [6.07, 6.45) is 1.85. The summed E-state index contributed by atoms with van der Waals surface area (Å²) in [6, 6.07) is 12.7. The normalized spacial score (nSPS) is 9.55. The van der Waals surface area contributed by atoms with E-state index in [9.17, 15) is 8.78 Å². The molecule has 2 aromatic carbocycles. The van der Waals surface area contributed by atoms with Gasteiger partial charge in [-0.2, -0.15) is 9.59 Å². The van der Waals surface area contributed by atoms with Crippen molar-refractivity contribution >= 4 is 6.15 Å². The molecular weight excluding hydrogens is 292 g/mol. The zero-order valence-corrected chi connectivity index (χ0v) is 11.1. The molecule has 3 rings (SSSR count). The fourth-order valence-electron chi connectivity index (χ4n) is 1.79. The Bertz CT molecular complexity index is 798. The first kappa shape index (κ1) is 15.2. The van der Waals surface area contributed by atoms with Gasteiger partial charge in [0.25, 0.3) is 0 Å². The van der Waals surface area contributed by atoms with Crippen molar-refractivity contribution in [3.05, 3.63) is 66.4 Å². The number of halogens is 2. The molecule has 0 aliphatic rings. The second-order valence-corrected chi connectivity index (χ2v) is 4.09. The minimum absolute atomic E-state index is 0.226. The van der Waals surface area contributed by atoms with Crippen LogP contribution in [0.25, 0.3) is 16.9 Å². The molecule has 0 radical (unpaired) electrons. The minimum atomic E-state index is -0.653. The predicted octanol–water partition coefficient (Wildman–Crippen LogP) is 2.63. The molecule has 0 saturated carbocycles. The highest BCUT2D eigenvalue weighted by atomic mass is 19.1. The summed E-state index contributed by atoms with van der Waals surface area (Å²) in [5.41, 5.74) is 1.41. The maximum atomic E-state index is 13.6. The zero-order valence-electron chi connectivity index (χ0n) is 11.1. The van der Waals surface area contributed by atoms with E-state index in [0.29, 0.717) is 5.69 Å². The maximum Gasteiger partial charge on any atom is 0.373 e. The summed E-state index contributed by atoms with van der Waals surface area (Å²) in [4.78, 5) is 16.2. The van der Waals surface area contributed by atoms with Crippen LogP contribution in [0.1, 0.15) is 0 Å². The van der Waals surface area contributed by atoms with Crippen LogP contribution in [0.5, 0.6) is 0 Å². The first-order valence-electron chi connectivity index (χ1n) is 6.08. The van der Waals surface area contributed by atoms with Gasteiger partial charge in [0, 0.05) is 11.6 Å². The summed E-state index contributed by atoms with van der Waals surface area (Å²) < 4.78 is 28.0. The molecule has 0 fully saturated rings. The van der Waals surface area contributed by atoms with E-state index in [0.717, 1.165) is 11.8 Å². The Kier molecular flexibility index (Phi) is 4.85. The largest absolute Gasteiger partial charge is 0.373 e. The van der Waals surface area contributed by atoms with Crippen LogP contribution in [0, 0.1) is 11.6 Å². The number of para-hydroxylation sites is 1. The number of aromatic nitrogens is 3. The standard InChI is InChI=1S/C14H9F2N3.CO2/c15-10-6-7-12(13(16)8-10)14-9-19(18-17-14)11-4-2-1-3-5-11;2-1-3/h1-9H;. The molecule has 0 spiro atoms. The van der Waals surface area contributed by atoms with Gasteiger partial charge in [-0.15, -0.1) is 5.10 Å². The molecule has 0 amide bonds. The summed E-state index contributed by atoms with van der Waals surface area (Å²) in [5, 5.41) is 7.84. The van der Waals surface area contributed by atoms with Gasteiger partial charge >= 0.3 is 6.15 Å². The van der Waals surface area contributed by atoms with Crippen LogP contribution >= 0.6 is 0 Å². The van der Waals surface area contributed by atoms with E-state index in [-0.39, 0.29) is 11.7 Å². The molecule has 1 aromatic heterocycles. The average Bonchev–Trinajstić information content (AvgIpc) is 2.98. The Balaban J connectivity index is 0.000000545. The molecule has 7 heteroatoms. The molecule has 1 heterocycles. The van der Waals surface area contributed by atoms with Crippen molar-refractivity contribution in [1.29, 1.82) is 0 Å². The van der Waals surface area contributed by atoms with Gasteiger partial charge in [0.15, 0.2) is 0 Å². The van der Waals surface area contributed by atoms with Crippen molar-refractivity contribution in [2.24, 2.45) is 0 Å². The van der Waals surface area contributed by atoms with Crippen molar-refractivity contribution in [3.63, 3.8) is 0 Å². The van der Waals surface area contributed by atoms with E-state index in [2.05, 4.69) is 10.3 Å².